The predicted molar refractivity (Wildman–Crippen MR) is 108 cm³/mol. The average molecular weight is 387 g/mol. The van der Waals surface area contributed by atoms with Crippen LogP contribution in [0.5, 0.6) is 11.5 Å². The molecule has 0 aliphatic carbocycles. The van der Waals surface area contributed by atoms with Crippen molar-refractivity contribution in [2.45, 2.75) is 6.42 Å². The van der Waals surface area contributed by atoms with Gasteiger partial charge in [0.1, 0.15) is 17.3 Å². The molecule has 1 aliphatic heterocycles. The molecule has 0 radical (unpaired) electrons. The van der Waals surface area contributed by atoms with E-state index in [1.165, 1.54) is 6.07 Å². The second kappa shape index (κ2) is 9.41. The maximum Gasteiger partial charge on any atom is 0.225 e. The molecular weight excluding hydrogens is 361 g/mol. The molecule has 0 aromatic heterocycles. The van der Waals surface area contributed by atoms with Gasteiger partial charge in [0.25, 0.3) is 0 Å². The van der Waals surface area contributed by atoms with Crippen LogP contribution in [0.2, 0.25) is 0 Å². The Balaban J connectivity index is 1.48. The fourth-order valence-corrected chi connectivity index (χ4v) is 3.30. The van der Waals surface area contributed by atoms with Crippen LogP contribution in [0.15, 0.2) is 42.5 Å². The molecule has 28 heavy (non-hydrogen) atoms. The smallest absolute Gasteiger partial charge is 0.225 e. The van der Waals surface area contributed by atoms with Crippen LogP contribution in [-0.4, -0.2) is 57.8 Å². The van der Waals surface area contributed by atoms with Crippen molar-refractivity contribution in [3.63, 3.8) is 0 Å². The Hall–Kier alpha value is -2.80. The van der Waals surface area contributed by atoms with Crippen molar-refractivity contribution >= 4 is 17.3 Å². The zero-order valence-electron chi connectivity index (χ0n) is 16.3. The molecule has 2 aromatic rings. The monoisotopic (exact) mass is 387 g/mol. The molecule has 0 saturated carbocycles. The molecular formula is C21H26FN3O3. The second-order valence-electron chi connectivity index (χ2n) is 6.64. The van der Waals surface area contributed by atoms with Gasteiger partial charge in [-0.15, -0.1) is 0 Å². The van der Waals surface area contributed by atoms with Gasteiger partial charge in [-0.05, 0) is 24.3 Å². The van der Waals surface area contributed by atoms with Gasteiger partial charge in [0.15, 0.2) is 0 Å². The third kappa shape index (κ3) is 4.92. The van der Waals surface area contributed by atoms with E-state index in [1.807, 2.05) is 11.0 Å². The van der Waals surface area contributed by atoms with Crippen LogP contribution in [-0.2, 0) is 4.79 Å². The Kier molecular flexibility index (Phi) is 6.71. The fraction of sp³-hybridized carbons (Fsp3) is 0.381. The third-order valence-electron chi connectivity index (χ3n) is 4.90. The van der Waals surface area contributed by atoms with E-state index in [0.29, 0.717) is 35.8 Å². The minimum absolute atomic E-state index is 0.0805. The van der Waals surface area contributed by atoms with E-state index in [0.717, 1.165) is 26.2 Å². The molecule has 0 spiro atoms. The van der Waals surface area contributed by atoms with Crippen molar-refractivity contribution in [2.24, 2.45) is 0 Å². The van der Waals surface area contributed by atoms with Gasteiger partial charge in [0.2, 0.25) is 5.91 Å². The normalized spacial score (nSPS) is 14.6. The highest BCUT2D eigenvalue weighted by Gasteiger charge is 2.20. The molecule has 0 unspecified atom stereocenters. The van der Waals surface area contributed by atoms with Crippen molar-refractivity contribution in [2.75, 3.05) is 57.2 Å². The number of anilines is 2. The molecule has 1 N–H and O–H groups in total. The van der Waals surface area contributed by atoms with Gasteiger partial charge in [-0.3, -0.25) is 9.69 Å². The zero-order chi connectivity index (χ0) is 19.9. The lowest BCUT2D eigenvalue weighted by Crippen LogP contribution is -2.47. The van der Waals surface area contributed by atoms with Gasteiger partial charge in [-0.1, -0.05) is 12.1 Å². The lowest BCUT2D eigenvalue weighted by atomic mass is 10.2. The Labute approximate surface area is 164 Å². The molecule has 150 valence electrons. The van der Waals surface area contributed by atoms with E-state index >= 15 is 0 Å². The summed E-state index contributed by atoms with van der Waals surface area (Å²) in [5.41, 5.74) is 1.24. The fourth-order valence-electron chi connectivity index (χ4n) is 3.30. The number of nitrogens with one attached hydrogen (secondary N) is 1. The number of hydrogen-bond donors (Lipinski definition) is 1. The van der Waals surface area contributed by atoms with Crippen LogP contribution in [0.1, 0.15) is 6.42 Å². The minimum Gasteiger partial charge on any atom is -0.497 e. The summed E-state index contributed by atoms with van der Waals surface area (Å²) in [6.07, 6.45) is 0.375. The largest absolute Gasteiger partial charge is 0.497 e. The van der Waals surface area contributed by atoms with Gasteiger partial charge in [-0.2, -0.15) is 0 Å². The van der Waals surface area contributed by atoms with E-state index in [2.05, 4.69) is 10.2 Å². The Morgan fingerprint density at radius 1 is 1.07 bits per heavy atom. The molecule has 0 bridgehead atoms. The Morgan fingerprint density at radius 2 is 1.82 bits per heavy atom. The second-order valence-corrected chi connectivity index (χ2v) is 6.64. The first-order valence-corrected chi connectivity index (χ1v) is 9.34. The number of para-hydroxylation sites is 1. The van der Waals surface area contributed by atoms with Gasteiger partial charge in [0, 0.05) is 45.2 Å². The molecule has 2 aromatic carbocycles. The Bertz CT molecular complexity index is 807. The maximum atomic E-state index is 13.9. The molecule has 1 aliphatic rings. The van der Waals surface area contributed by atoms with Crippen LogP contribution in [0.25, 0.3) is 0 Å². The van der Waals surface area contributed by atoms with Crippen LogP contribution in [0.3, 0.4) is 0 Å². The number of rotatable bonds is 7. The molecule has 0 atom stereocenters. The summed E-state index contributed by atoms with van der Waals surface area (Å²) in [7, 11) is 3.14. The molecule has 1 amide bonds. The topological polar surface area (TPSA) is 54.0 Å². The number of benzene rings is 2. The van der Waals surface area contributed by atoms with Crippen molar-refractivity contribution in [3.05, 3.63) is 48.3 Å². The number of halogens is 1. The maximum absolute atomic E-state index is 13.9. The average Bonchev–Trinajstić information content (AvgIpc) is 2.73. The number of nitrogens with zero attached hydrogens (tertiary/aromatic N) is 2. The summed E-state index contributed by atoms with van der Waals surface area (Å²) in [4.78, 5) is 16.6. The summed E-state index contributed by atoms with van der Waals surface area (Å²) in [5.74, 6) is 0.971. The van der Waals surface area contributed by atoms with Crippen LogP contribution >= 0.6 is 0 Å². The standard InChI is InChI=1S/C21H26FN3O3/c1-27-16-7-8-20(28-2)18(15-16)23-21(26)9-10-24-11-13-25(14-12-24)19-6-4-3-5-17(19)22/h3-8,15H,9-14H2,1-2H3,(H,23,26). The molecule has 1 heterocycles. The van der Waals surface area contributed by atoms with Crippen LogP contribution in [0.4, 0.5) is 15.8 Å². The van der Waals surface area contributed by atoms with Gasteiger partial charge in [0.05, 0.1) is 25.6 Å². The van der Waals surface area contributed by atoms with Gasteiger partial charge in [-0.25, -0.2) is 4.39 Å². The third-order valence-corrected chi connectivity index (χ3v) is 4.90. The van der Waals surface area contributed by atoms with E-state index < -0.39 is 0 Å². The number of hydrogen-bond acceptors (Lipinski definition) is 5. The van der Waals surface area contributed by atoms with Crippen molar-refractivity contribution in [1.29, 1.82) is 0 Å². The summed E-state index contributed by atoms with van der Waals surface area (Å²) >= 11 is 0. The Morgan fingerprint density at radius 3 is 2.50 bits per heavy atom. The molecule has 7 heteroatoms. The first-order valence-electron chi connectivity index (χ1n) is 9.34. The molecule has 3 rings (SSSR count). The molecule has 1 fully saturated rings. The van der Waals surface area contributed by atoms with E-state index in [9.17, 15) is 9.18 Å². The van der Waals surface area contributed by atoms with Crippen LogP contribution in [0, 0.1) is 5.82 Å². The first kappa shape index (κ1) is 19.9. The van der Waals surface area contributed by atoms with Crippen molar-refractivity contribution in [1.82, 2.24) is 4.90 Å². The lowest BCUT2D eigenvalue weighted by molar-refractivity contribution is -0.116. The highest BCUT2D eigenvalue weighted by atomic mass is 19.1. The number of methoxy groups -OCH3 is 2. The number of carbonyl (C=O) groups is 1. The highest BCUT2D eigenvalue weighted by molar-refractivity contribution is 5.92. The number of ether oxygens (including phenoxy) is 2. The minimum atomic E-state index is -0.192. The first-order chi connectivity index (χ1) is 13.6. The molecule has 6 nitrogen and oxygen atoms in total. The van der Waals surface area contributed by atoms with Crippen molar-refractivity contribution < 1.29 is 18.7 Å². The lowest BCUT2D eigenvalue weighted by Gasteiger charge is -2.36. The quantitative estimate of drug-likeness (QED) is 0.792. The highest BCUT2D eigenvalue weighted by Crippen LogP contribution is 2.29. The van der Waals surface area contributed by atoms with E-state index in [4.69, 9.17) is 9.47 Å². The van der Waals surface area contributed by atoms with E-state index in [-0.39, 0.29) is 11.7 Å². The number of amides is 1. The van der Waals surface area contributed by atoms with Crippen LogP contribution < -0.4 is 19.7 Å². The van der Waals surface area contributed by atoms with Gasteiger partial charge >= 0.3 is 0 Å². The van der Waals surface area contributed by atoms with E-state index in [1.54, 1.807) is 44.6 Å². The number of piperazine rings is 1. The zero-order valence-corrected chi connectivity index (χ0v) is 16.3. The van der Waals surface area contributed by atoms with Crippen molar-refractivity contribution in [3.8, 4) is 11.5 Å². The predicted octanol–water partition coefficient (Wildman–Crippen LogP) is 2.99. The SMILES string of the molecule is COc1ccc(OC)c(NC(=O)CCN2CCN(c3ccccc3F)CC2)c1. The summed E-state index contributed by atoms with van der Waals surface area (Å²) < 4.78 is 24.4. The molecule has 1 saturated heterocycles. The van der Waals surface area contributed by atoms with Gasteiger partial charge < -0.3 is 19.7 Å². The number of carbonyl (C=O) groups excluding carboxylic acids is 1. The summed E-state index contributed by atoms with van der Waals surface area (Å²) in [6, 6.07) is 12.1. The summed E-state index contributed by atoms with van der Waals surface area (Å²) in [6.45, 7) is 3.73. The summed E-state index contributed by atoms with van der Waals surface area (Å²) in [5, 5.41) is 2.89.